The minimum atomic E-state index is -3.16. The zero-order valence-electron chi connectivity index (χ0n) is 15.6. The maximum absolute atomic E-state index is 13.4. The highest BCUT2D eigenvalue weighted by molar-refractivity contribution is 8.16. The molecule has 9 heteroatoms. The number of hydrogen-bond donors (Lipinski definition) is 0. The highest BCUT2D eigenvalue weighted by Gasteiger charge is 2.49. The Labute approximate surface area is 172 Å². The van der Waals surface area contributed by atoms with E-state index in [9.17, 15) is 17.6 Å². The first-order chi connectivity index (χ1) is 13.8. The zero-order chi connectivity index (χ0) is 20.6. The third-order valence-electron chi connectivity index (χ3n) is 4.78. The van der Waals surface area contributed by atoms with Crippen molar-refractivity contribution in [3.8, 4) is 5.75 Å². The normalized spacial score (nSPS) is 25.0. The fourth-order valence-corrected chi connectivity index (χ4v) is 7.33. The topological polar surface area (TPSA) is 76.0 Å². The van der Waals surface area contributed by atoms with Crippen LogP contribution >= 0.6 is 11.8 Å². The second-order valence-electron chi connectivity index (χ2n) is 6.95. The van der Waals surface area contributed by atoms with Crippen LogP contribution in [-0.2, 0) is 14.6 Å². The summed E-state index contributed by atoms with van der Waals surface area (Å²) in [5.41, 5.74) is 0.603. The van der Waals surface area contributed by atoms with E-state index in [0.717, 1.165) is 0 Å². The number of aliphatic imine (C=N–C) groups is 1. The van der Waals surface area contributed by atoms with Crippen LogP contribution in [0.3, 0.4) is 0 Å². The van der Waals surface area contributed by atoms with Gasteiger partial charge < -0.3 is 9.64 Å². The Balaban J connectivity index is 1.60. The van der Waals surface area contributed by atoms with Crippen LogP contribution in [0, 0.1) is 5.82 Å². The van der Waals surface area contributed by atoms with Gasteiger partial charge >= 0.3 is 0 Å². The molecule has 0 unspecified atom stereocenters. The largest absolute Gasteiger partial charge is 0.481 e. The van der Waals surface area contributed by atoms with Crippen LogP contribution in [0.1, 0.15) is 6.92 Å². The summed E-state index contributed by atoms with van der Waals surface area (Å²) in [5, 5.41) is 0.192. The number of nitrogens with zero attached hydrogens (tertiary/aromatic N) is 2. The molecular formula is C20H19FN2O4S2. The first kappa shape index (κ1) is 19.9. The number of carbonyl (C=O) groups excluding carboxylic acids is 1. The molecule has 2 heterocycles. The van der Waals surface area contributed by atoms with Crippen LogP contribution in [0.5, 0.6) is 5.75 Å². The molecule has 2 aromatic carbocycles. The molecule has 6 nitrogen and oxygen atoms in total. The molecule has 0 bridgehead atoms. The van der Waals surface area contributed by atoms with E-state index in [1.165, 1.54) is 23.9 Å². The Hall–Kier alpha value is -2.39. The van der Waals surface area contributed by atoms with Gasteiger partial charge in [0.15, 0.2) is 21.1 Å². The standard InChI is InChI=1S/C20H19FN2O4S2/c1-13(27-16-5-3-2-4-6-16)19(24)22-20-23(15-9-7-14(21)8-10-15)17-11-29(25,26)12-18(17)28-20/h2-10,13,17-18H,11-12H2,1H3/t13-,17+,18-/m1/s1. The van der Waals surface area contributed by atoms with E-state index in [-0.39, 0.29) is 22.8 Å². The van der Waals surface area contributed by atoms with Gasteiger partial charge in [0.25, 0.3) is 5.91 Å². The molecule has 2 aromatic rings. The average Bonchev–Trinajstić information content (AvgIpc) is 3.14. The number of benzene rings is 2. The smallest absolute Gasteiger partial charge is 0.288 e. The minimum absolute atomic E-state index is 0.0225. The van der Waals surface area contributed by atoms with Crippen molar-refractivity contribution in [2.75, 3.05) is 16.4 Å². The SMILES string of the molecule is C[C@@H](Oc1ccccc1)C(=O)N=C1S[C@@H]2CS(=O)(=O)C[C@@H]2N1c1ccc(F)cc1. The van der Waals surface area contributed by atoms with Gasteiger partial charge in [0.1, 0.15) is 11.6 Å². The van der Waals surface area contributed by atoms with Crippen LogP contribution < -0.4 is 9.64 Å². The summed E-state index contributed by atoms with van der Waals surface area (Å²) in [7, 11) is -3.16. The van der Waals surface area contributed by atoms with Crippen molar-refractivity contribution in [2.45, 2.75) is 24.3 Å². The maximum atomic E-state index is 13.4. The molecule has 152 valence electrons. The Morgan fingerprint density at radius 1 is 1.17 bits per heavy atom. The van der Waals surface area contributed by atoms with E-state index in [0.29, 0.717) is 16.6 Å². The molecule has 0 radical (unpaired) electrons. The number of amidine groups is 1. The van der Waals surface area contributed by atoms with Crippen molar-refractivity contribution < 1.29 is 22.3 Å². The number of amides is 1. The lowest BCUT2D eigenvalue weighted by Gasteiger charge is -2.24. The van der Waals surface area contributed by atoms with Gasteiger partial charge in [-0.25, -0.2) is 12.8 Å². The quantitative estimate of drug-likeness (QED) is 0.737. The molecule has 0 aromatic heterocycles. The van der Waals surface area contributed by atoms with E-state index in [1.54, 1.807) is 36.1 Å². The predicted octanol–water partition coefficient (Wildman–Crippen LogP) is 2.89. The third-order valence-corrected chi connectivity index (χ3v) is 7.99. The number of fused-ring (bicyclic) bond motifs is 1. The minimum Gasteiger partial charge on any atom is -0.481 e. The lowest BCUT2D eigenvalue weighted by molar-refractivity contribution is -0.123. The second kappa shape index (κ2) is 7.79. The van der Waals surface area contributed by atoms with Crippen LogP contribution in [-0.4, -0.2) is 48.4 Å². The number of hydrogen-bond acceptors (Lipinski definition) is 5. The lowest BCUT2D eigenvalue weighted by atomic mass is 10.2. The van der Waals surface area contributed by atoms with Gasteiger partial charge in [-0.1, -0.05) is 30.0 Å². The van der Waals surface area contributed by atoms with Gasteiger partial charge in [0.2, 0.25) is 0 Å². The van der Waals surface area contributed by atoms with Crippen molar-refractivity contribution >= 4 is 38.4 Å². The zero-order valence-corrected chi connectivity index (χ0v) is 17.2. The predicted molar refractivity (Wildman–Crippen MR) is 112 cm³/mol. The monoisotopic (exact) mass is 434 g/mol. The average molecular weight is 435 g/mol. The van der Waals surface area contributed by atoms with Crippen LogP contribution in [0.2, 0.25) is 0 Å². The van der Waals surface area contributed by atoms with Gasteiger partial charge in [0.05, 0.1) is 17.5 Å². The molecule has 0 spiro atoms. The summed E-state index contributed by atoms with van der Waals surface area (Å²) < 4.78 is 43.2. The molecule has 0 saturated carbocycles. The molecule has 0 N–H and O–H groups in total. The van der Waals surface area contributed by atoms with E-state index < -0.39 is 27.7 Å². The molecule has 0 aliphatic carbocycles. The summed E-state index contributed by atoms with van der Waals surface area (Å²) in [6, 6.07) is 14.4. The summed E-state index contributed by atoms with van der Waals surface area (Å²) in [5.74, 6) is -0.290. The molecule has 2 aliphatic heterocycles. The summed E-state index contributed by atoms with van der Waals surface area (Å²) >= 11 is 1.27. The van der Waals surface area contributed by atoms with Crippen LogP contribution in [0.4, 0.5) is 10.1 Å². The number of halogens is 1. The number of thioether (sulfide) groups is 1. The van der Waals surface area contributed by atoms with Gasteiger partial charge in [0, 0.05) is 10.9 Å². The summed E-state index contributed by atoms with van der Waals surface area (Å²) in [6.45, 7) is 1.62. The third kappa shape index (κ3) is 4.30. The Kier molecular flexibility index (Phi) is 5.35. The Bertz CT molecular complexity index is 1040. The van der Waals surface area contributed by atoms with Crippen molar-refractivity contribution in [3.05, 3.63) is 60.4 Å². The molecule has 29 heavy (non-hydrogen) atoms. The molecule has 4 rings (SSSR count). The molecule has 2 fully saturated rings. The second-order valence-corrected chi connectivity index (χ2v) is 10.3. The Morgan fingerprint density at radius 2 is 1.86 bits per heavy atom. The molecule has 3 atom stereocenters. The Morgan fingerprint density at radius 3 is 2.55 bits per heavy atom. The molecule has 1 amide bonds. The first-order valence-corrected chi connectivity index (χ1v) is 11.8. The number of sulfone groups is 1. The fourth-order valence-electron chi connectivity index (χ4n) is 3.41. The van der Waals surface area contributed by atoms with Crippen molar-refractivity contribution in [1.82, 2.24) is 0 Å². The first-order valence-electron chi connectivity index (χ1n) is 9.08. The fraction of sp³-hybridized carbons (Fsp3) is 0.300. The van der Waals surface area contributed by atoms with Gasteiger partial charge in [-0.2, -0.15) is 4.99 Å². The summed E-state index contributed by atoms with van der Waals surface area (Å²) in [4.78, 5) is 18.6. The number of para-hydroxylation sites is 1. The number of ether oxygens (including phenoxy) is 1. The van der Waals surface area contributed by atoms with E-state index in [1.807, 2.05) is 18.2 Å². The van der Waals surface area contributed by atoms with Crippen LogP contribution in [0.15, 0.2) is 59.6 Å². The van der Waals surface area contributed by atoms with E-state index in [2.05, 4.69) is 4.99 Å². The van der Waals surface area contributed by atoms with Gasteiger partial charge in [-0.15, -0.1) is 0 Å². The van der Waals surface area contributed by atoms with Gasteiger partial charge in [-0.3, -0.25) is 4.79 Å². The molecule has 2 aliphatic rings. The molecule has 2 saturated heterocycles. The van der Waals surface area contributed by atoms with E-state index >= 15 is 0 Å². The lowest BCUT2D eigenvalue weighted by Crippen LogP contribution is -2.38. The van der Waals surface area contributed by atoms with Gasteiger partial charge in [-0.05, 0) is 43.3 Å². The van der Waals surface area contributed by atoms with Crippen molar-refractivity contribution in [1.29, 1.82) is 0 Å². The highest BCUT2D eigenvalue weighted by Crippen LogP contribution is 2.41. The highest BCUT2D eigenvalue weighted by atomic mass is 32.2. The van der Waals surface area contributed by atoms with E-state index in [4.69, 9.17) is 4.74 Å². The maximum Gasteiger partial charge on any atom is 0.288 e. The van der Waals surface area contributed by atoms with Crippen molar-refractivity contribution in [3.63, 3.8) is 0 Å². The number of rotatable bonds is 4. The summed E-state index contributed by atoms with van der Waals surface area (Å²) in [6.07, 6.45) is -0.801. The molecular weight excluding hydrogens is 415 g/mol. The van der Waals surface area contributed by atoms with Crippen LogP contribution in [0.25, 0.3) is 0 Å². The number of anilines is 1. The number of carbonyl (C=O) groups is 1. The van der Waals surface area contributed by atoms with Crippen molar-refractivity contribution in [2.24, 2.45) is 4.99 Å².